The minimum absolute atomic E-state index is 0.140. The Kier molecular flexibility index (Phi) is 4.49. The van der Waals surface area contributed by atoms with E-state index >= 15 is 0 Å². The van der Waals surface area contributed by atoms with Gasteiger partial charge in [-0.15, -0.1) is 0 Å². The molecule has 0 bridgehead atoms. The highest BCUT2D eigenvalue weighted by molar-refractivity contribution is 5.48. The number of hydrogen-bond donors (Lipinski definition) is 1. The molecule has 0 spiro atoms. The maximum absolute atomic E-state index is 11.0. The number of nitrogens with zero attached hydrogens (tertiary/aromatic N) is 2. The van der Waals surface area contributed by atoms with Crippen LogP contribution in [0, 0.1) is 21.4 Å². The highest BCUT2D eigenvalue weighted by atomic mass is 16.6. The van der Waals surface area contributed by atoms with Crippen LogP contribution in [0.1, 0.15) is 16.7 Å². The zero-order valence-corrected chi connectivity index (χ0v) is 11.0. The summed E-state index contributed by atoms with van der Waals surface area (Å²) in [5.41, 5.74) is 1.61. The lowest BCUT2D eigenvalue weighted by molar-refractivity contribution is -0.386. The molecule has 6 heteroatoms. The molecule has 2 aromatic rings. The Morgan fingerprint density at radius 1 is 1.19 bits per heavy atom. The van der Waals surface area contributed by atoms with E-state index in [0.717, 1.165) is 5.56 Å². The molecule has 0 amide bonds. The van der Waals surface area contributed by atoms with Crippen molar-refractivity contribution in [2.75, 3.05) is 0 Å². The summed E-state index contributed by atoms with van der Waals surface area (Å²) < 4.78 is 5.45. The molecule has 6 nitrogen and oxygen atoms in total. The monoisotopic (exact) mass is 284 g/mol. The third-order valence-electron chi connectivity index (χ3n) is 2.88. The first kappa shape index (κ1) is 14.5. The molecule has 0 aromatic heterocycles. The van der Waals surface area contributed by atoms with Gasteiger partial charge in [0.25, 0.3) is 0 Å². The quantitative estimate of drug-likeness (QED) is 0.672. The van der Waals surface area contributed by atoms with E-state index in [9.17, 15) is 10.1 Å². The van der Waals surface area contributed by atoms with E-state index < -0.39 is 4.92 Å². The minimum atomic E-state index is -0.548. The van der Waals surface area contributed by atoms with Gasteiger partial charge in [-0.05, 0) is 29.3 Å². The first-order valence-corrected chi connectivity index (χ1v) is 6.14. The summed E-state index contributed by atoms with van der Waals surface area (Å²) in [7, 11) is 0. The molecular weight excluding hydrogens is 272 g/mol. The van der Waals surface area contributed by atoms with Gasteiger partial charge in [-0.1, -0.05) is 18.2 Å². The van der Waals surface area contributed by atoms with E-state index in [1.165, 1.54) is 12.1 Å². The molecule has 1 N–H and O–H groups in total. The molecular formula is C15H12N2O4. The topological polar surface area (TPSA) is 96.4 Å². The predicted octanol–water partition coefficient (Wildman–Crippen LogP) is 2.54. The standard InChI is InChI=1S/C15H12N2O4/c16-8-11-1-3-12(4-2-11)10-21-15-6-5-13(9-18)7-14(15)17(19)20/h1-7,18H,9-10H2. The molecule has 0 aliphatic rings. The fourth-order valence-corrected chi connectivity index (χ4v) is 1.76. The number of ether oxygens (including phenoxy) is 1. The van der Waals surface area contributed by atoms with Gasteiger partial charge in [0.05, 0.1) is 23.2 Å². The minimum Gasteiger partial charge on any atom is -0.482 e. The molecule has 0 aliphatic carbocycles. The Morgan fingerprint density at radius 2 is 1.86 bits per heavy atom. The van der Waals surface area contributed by atoms with Crippen molar-refractivity contribution in [3.05, 3.63) is 69.3 Å². The first-order valence-electron chi connectivity index (χ1n) is 6.14. The van der Waals surface area contributed by atoms with Crippen molar-refractivity contribution in [1.29, 1.82) is 5.26 Å². The van der Waals surface area contributed by atoms with E-state index in [1.807, 2.05) is 6.07 Å². The summed E-state index contributed by atoms with van der Waals surface area (Å²) in [6.45, 7) is -0.109. The lowest BCUT2D eigenvalue weighted by Crippen LogP contribution is -2.00. The molecule has 0 unspecified atom stereocenters. The van der Waals surface area contributed by atoms with Crippen LogP contribution in [0.4, 0.5) is 5.69 Å². The molecule has 2 aromatic carbocycles. The lowest BCUT2D eigenvalue weighted by atomic mass is 10.1. The fraction of sp³-hybridized carbons (Fsp3) is 0.133. The molecule has 0 fully saturated rings. The summed E-state index contributed by atoms with van der Waals surface area (Å²) in [5, 5.41) is 28.7. The zero-order chi connectivity index (χ0) is 15.2. The van der Waals surface area contributed by atoms with Crippen LogP contribution in [-0.2, 0) is 13.2 Å². The molecule has 0 aliphatic heterocycles. The van der Waals surface area contributed by atoms with E-state index in [1.54, 1.807) is 30.3 Å². The number of hydrogen-bond acceptors (Lipinski definition) is 5. The number of rotatable bonds is 5. The molecule has 21 heavy (non-hydrogen) atoms. The van der Waals surface area contributed by atoms with Crippen LogP contribution in [-0.4, -0.2) is 10.0 Å². The van der Waals surface area contributed by atoms with Crippen LogP contribution in [0.15, 0.2) is 42.5 Å². The molecule has 0 atom stereocenters. The highest BCUT2D eigenvalue weighted by Gasteiger charge is 2.15. The smallest absolute Gasteiger partial charge is 0.311 e. The predicted molar refractivity (Wildman–Crippen MR) is 74.5 cm³/mol. The van der Waals surface area contributed by atoms with Crippen molar-refractivity contribution in [2.45, 2.75) is 13.2 Å². The molecule has 0 heterocycles. The number of nitro groups is 1. The Hall–Kier alpha value is -2.91. The largest absolute Gasteiger partial charge is 0.482 e. The number of nitro benzene ring substituents is 1. The van der Waals surface area contributed by atoms with Crippen molar-refractivity contribution in [3.8, 4) is 11.8 Å². The first-order chi connectivity index (χ1) is 10.1. The second-order valence-electron chi connectivity index (χ2n) is 4.31. The van der Waals surface area contributed by atoms with Gasteiger partial charge in [-0.2, -0.15) is 5.26 Å². The normalized spacial score (nSPS) is 9.90. The molecule has 2 rings (SSSR count). The molecule has 0 saturated heterocycles. The highest BCUT2D eigenvalue weighted by Crippen LogP contribution is 2.28. The van der Waals surface area contributed by atoms with E-state index in [-0.39, 0.29) is 24.7 Å². The van der Waals surface area contributed by atoms with Crippen LogP contribution in [0.2, 0.25) is 0 Å². The third kappa shape index (κ3) is 3.55. The summed E-state index contributed by atoms with van der Waals surface area (Å²) in [6.07, 6.45) is 0. The van der Waals surface area contributed by atoms with Gasteiger partial charge in [0.2, 0.25) is 0 Å². The third-order valence-corrected chi connectivity index (χ3v) is 2.88. The van der Waals surface area contributed by atoms with Gasteiger partial charge in [0.15, 0.2) is 5.75 Å². The van der Waals surface area contributed by atoms with Gasteiger partial charge in [0.1, 0.15) is 6.61 Å². The maximum Gasteiger partial charge on any atom is 0.311 e. The molecule has 106 valence electrons. The van der Waals surface area contributed by atoms with Gasteiger partial charge >= 0.3 is 5.69 Å². The summed E-state index contributed by atoms with van der Waals surface area (Å²) in [4.78, 5) is 10.4. The number of nitriles is 1. The lowest BCUT2D eigenvalue weighted by Gasteiger charge is -2.08. The van der Waals surface area contributed by atoms with Crippen molar-refractivity contribution in [3.63, 3.8) is 0 Å². The Balaban J connectivity index is 2.15. The Labute approximate surface area is 121 Å². The second-order valence-corrected chi connectivity index (χ2v) is 4.31. The molecule has 0 radical (unpaired) electrons. The van der Waals surface area contributed by atoms with Crippen molar-refractivity contribution in [2.24, 2.45) is 0 Å². The van der Waals surface area contributed by atoms with Gasteiger partial charge in [0, 0.05) is 6.07 Å². The summed E-state index contributed by atoms with van der Waals surface area (Å²) >= 11 is 0. The summed E-state index contributed by atoms with van der Waals surface area (Å²) in [6, 6.07) is 13.1. The average molecular weight is 284 g/mol. The van der Waals surface area contributed by atoms with Crippen molar-refractivity contribution < 1.29 is 14.8 Å². The second kappa shape index (κ2) is 6.50. The number of aliphatic hydroxyl groups excluding tert-OH is 1. The fourth-order valence-electron chi connectivity index (χ4n) is 1.76. The molecule has 0 saturated carbocycles. The van der Waals surface area contributed by atoms with Crippen molar-refractivity contribution >= 4 is 5.69 Å². The van der Waals surface area contributed by atoms with Gasteiger partial charge in [-0.25, -0.2) is 0 Å². The van der Waals surface area contributed by atoms with Crippen LogP contribution in [0.25, 0.3) is 0 Å². The average Bonchev–Trinajstić information content (AvgIpc) is 2.53. The number of aliphatic hydroxyl groups is 1. The Morgan fingerprint density at radius 3 is 2.43 bits per heavy atom. The van der Waals surface area contributed by atoms with E-state index in [0.29, 0.717) is 11.1 Å². The number of benzene rings is 2. The van der Waals surface area contributed by atoms with Crippen molar-refractivity contribution in [1.82, 2.24) is 0 Å². The van der Waals surface area contributed by atoms with Crippen LogP contribution in [0.5, 0.6) is 5.75 Å². The maximum atomic E-state index is 11.0. The zero-order valence-electron chi connectivity index (χ0n) is 11.0. The SMILES string of the molecule is N#Cc1ccc(COc2ccc(CO)cc2[N+](=O)[O-])cc1. The van der Waals surface area contributed by atoms with Crippen LogP contribution < -0.4 is 4.74 Å². The van der Waals surface area contributed by atoms with Crippen LogP contribution in [0.3, 0.4) is 0 Å². The summed E-state index contributed by atoms with van der Waals surface area (Å²) in [5.74, 6) is 0.140. The van der Waals surface area contributed by atoms with Gasteiger partial charge < -0.3 is 9.84 Å². The van der Waals surface area contributed by atoms with E-state index in [2.05, 4.69) is 0 Å². The van der Waals surface area contributed by atoms with E-state index in [4.69, 9.17) is 15.1 Å². The van der Waals surface area contributed by atoms with Gasteiger partial charge in [-0.3, -0.25) is 10.1 Å². The Bertz CT molecular complexity index is 690. The van der Waals surface area contributed by atoms with Crippen LogP contribution >= 0.6 is 0 Å².